The fraction of sp³-hybridized carbons (Fsp3) is 0.198. The SMILES string of the molecule is CCc1ccc(-c2c(C)c3ccccc3c3c2oc2ccccc23)[n+](C)c1.Cc1c(-c2cc(C(C)(C)C)cc[n+]2C)c2oc3ccccc3c2c2ccccc12.Cc1c(-c2cc(C3CCCCC3)cc[n+]2C)c2oc3ccccc3c2c2ccccc12.Cc1c(-c2ccc(C(C)C)c[n+]2C)c2oc3ccccc3c2c2ccccc12.Cc1ccc(-c2c(C)c3ccccc3c3c2oc2ccccc23)[n+](C)c1. The highest BCUT2D eigenvalue weighted by molar-refractivity contribution is 6.28. The molecule has 0 atom stereocenters. The molecule has 141 heavy (non-hydrogen) atoms. The first kappa shape index (κ1) is 90.5. The molecule has 0 amide bonds. The molecule has 10 heterocycles. The van der Waals surface area contributed by atoms with E-state index in [1.54, 1.807) is 0 Å². The lowest BCUT2D eigenvalue weighted by atomic mass is 9.83. The normalized spacial score (nSPS) is 12.6. The van der Waals surface area contributed by atoms with Gasteiger partial charge in [-0.1, -0.05) is 273 Å². The Morgan fingerprint density at radius 1 is 0.284 bits per heavy atom. The average Bonchev–Trinajstić information content (AvgIpc) is 1.62. The van der Waals surface area contributed by atoms with Crippen molar-refractivity contribution in [2.24, 2.45) is 35.2 Å². The summed E-state index contributed by atoms with van der Waals surface area (Å²) in [5, 5.41) is 24.7. The Hall–Kier alpha value is -15.7. The van der Waals surface area contributed by atoms with Crippen molar-refractivity contribution in [3.05, 3.63) is 390 Å². The molecule has 1 fully saturated rings. The second kappa shape index (κ2) is 36.6. The number of pyridine rings is 5. The second-order valence-corrected chi connectivity index (χ2v) is 40.4. The van der Waals surface area contributed by atoms with Gasteiger partial charge in [0.05, 0.1) is 27.8 Å². The number of fused-ring (bicyclic) bond motifs is 25. The molecule has 10 aromatic heterocycles. The predicted octanol–water partition coefficient (Wildman–Crippen LogP) is 33.0. The maximum absolute atomic E-state index is 6.55. The summed E-state index contributed by atoms with van der Waals surface area (Å²) in [5.41, 5.74) is 34.7. The van der Waals surface area contributed by atoms with E-state index in [1.165, 1.54) is 252 Å². The van der Waals surface area contributed by atoms with Gasteiger partial charge >= 0.3 is 0 Å². The molecule has 25 aromatic rings. The van der Waals surface area contributed by atoms with Crippen LogP contribution in [0.5, 0.6) is 0 Å². The van der Waals surface area contributed by atoms with Crippen molar-refractivity contribution < 1.29 is 44.9 Å². The van der Waals surface area contributed by atoms with E-state index >= 15 is 0 Å². The Morgan fingerprint density at radius 2 is 0.567 bits per heavy atom. The molecule has 10 heteroatoms. The van der Waals surface area contributed by atoms with Crippen molar-refractivity contribution in [2.75, 3.05) is 0 Å². The zero-order chi connectivity index (χ0) is 97.1. The minimum Gasteiger partial charge on any atom is -0.455 e. The van der Waals surface area contributed by atoms with Gasteiger partial charge in [-0.05, 0) is 219 Å². The summed E-state index contributed by atoms with van der Waals surface area (Å²) >= 11 is 0. The van der Waals surface area contributed by atoms with Crippen molar-refractivity contribution in [3.8, 4) is 56.3 Å². The van der Waals surface area contributed by atoms with Crippen LogP contribution in [0.25, 0.3) is 220 Å². The third-order valence-electron chi connectivity index (χ3n) is 30.2. The second-order valence-electron chi connectivity index (χ2n) is 40.4. The molecule has 15 aromatic carbocycles. The molecule has 0 radical (unpaired) electrons. The molecule has 694 valence electrons. The Bertz CT molecular complexity index is 9320. The van der Waals surface area contributed by atoms with E-state index in [-0.39, 0.29) is 5.41 Å². The van der Waals surface area contributed by atoms with Crippen LogP contribution in [0.15, 0.2) is 356 Å². The van der Waals surface area contributed by atoms with Crippen LogP contribution in [0.4, 0.5) is 0 Å². The maximum atomic E-state index is 6.55. The molecule has 10 nitrogen and oxygen atoms in total. The topological polar surface area (TPSA) is 85.1 Å². The lowest BCUT2D eigenvalue weighted by molar-refractivity contribution is -0.660. The van der Waals surface area contributed by atoms with E-state index in [1.807, 2.05) is 24.3 Å². The first-order valence-corrected chi connectivity index (χ1v) is 50.1. The highest BCUT2D eigenvalue weighted by Gasteiger charge is 2.33. The number of rotatable bonds is 8. The average molecular weight is 1840 g/mol. The third-order valence-corrected chi connectivity index (χ3v) is 30.2. The lowest BCUT2D eigenvalue weighted by Gasteiger charge is -2.22. The van der Waals surface area contributed by atoms with Crippen molar-refractivity contribution in [3.63, 3.8) is 0 Å². The highest BCUT2D eigenvalue weighted by atomic mass is 16.3. The van der Waals surface area contributed by atoms with Crippen molar-refractivity contribution >= 4 is 164 Å². The van der Waals surface area contributed by atoms with Crippen LogP contribution in [0.2, 0.25) is 0 Å². The molecule has 0 saturated heterocycles. The van der Waals surface area contributed by atoms with Crippen LogP contribution in [0.1, 0.15) is 141 Å². The van der Waals surface area contributed by atoms with E-state index in [4.69, 9.17) is 22.1 Å². The first-order chi connectivity index (χ1) is 68.5. The van der Waals surface area contributed by atoms with E-state index < -0.39 is 0 Å². The number of hydrogen-bond acceptors (Lipinski definition) is 5. The number of aromatic nitrogens is 5. The summed E-state index contributed by atoms with van der Waals surface area (Å²) in [5.74, 6) is 1.18. The molecule has 26 rings (SSSR count). The Labute approximate surface area is 823 Å². The molecule has 0 bridgehead atoms. The van der Waals surface area contributed by atoms with Gasteiger partial charge in [-0.25, -0.2) is 22.8 Å². The Kier molecular flexibility index (Phi) is 23.5. The van der Waals surface area contributed by atoms with Gasteiger partial charge in [-0.2, -0.15) is 0 Å². The van der Waals surface area contributed by atoms with Gasteiger partial charge in [-0.15, -0.1) is 0 Å². The van der Waals surface area contributed by atoms with Crippen LogP contribution in [-0.4, -0.2) is 0 Å². The number of furan rings is 5. The van der Waals surface area contributed by atoms with Gasteiger partial charge in [-0.3, -0.25) is 0 Å². The van der Waals surface area contributed by atoms with Gasteiger partial charge < -0.3 is 22.1 Å². The van der Waals surface area contributed by atoms with Crippen LogP contribution in [0.3, 0.4) is 0 Å². The van der Waals surface area contributed by atoms with E-state index in [9.17, 15) is 0 Å². The fourth-order valence-electron chi connectivity index (χ4n) is 22.8. The Morgan fingerprint density at radius 3 is 0.879 bits per heavy atom. The molecule has 1 saturated carbocycles. The number of benzene rings is 15. The lowest BCUT2D eigenvalue weighted by Crippen LogP contribution is -2.32. The molecule has 0 N–H and O–H groups in total. The van der Waals surface area contributed by atoms with Gasteiger partial charge in [0.25, 0.3) is 0 Å². The first-order valence-electron chi connectivity index (χ1n) is 50.1. The van der Waals surface area contributed by atoms with E-state index in [2.05, 4.69) is 451 Å². The molecule has 0 spiro atoms. The molecule has 1 aliphatic rings. The van der Waals surface area contributed by atoms with Gasteiger partial charge in [0.2, 0.25) is 28.5 Å². The van der Waals surface area contributed by atoms with Gasteiger partial charge in [0.15, 0.2) is 31.0 Å². The fourth-order valence-corrected chi connectivity index (χ4v) is 22.8. The van der Waals surface area contributed by atoms with E-state index in [0.29, 0.717) is 11.8 Å². The third kappa shape index (κ3) is 15.8. The summed E-state index contributed by atoms with van der Waals surface area (Å²) in [7, 11) is 10.6. The minimum atomic E-state index is 0.0841. The highest BCUT2D eigenvalue weighted by Crippen LogP contribution is 2.51. The van der Waals surface area contributed by atoms with Crippen molar-refractivity contribution in [1.29, 1.82) is 0 Å². The quantitative estimate of drug-likeness (QED) is 0.142. The molecule has 0 aliphatic heterocycles. The minimum absolute atomic E-state index is 0.0841. The maximum Gasteiger partial charge on any atom is 0.216 e. The number of hydrogen-bond donors (Lipinski definition) is 0. The largest absolute Gasteiger partial charge is 0.455 e. The molecule has 1 aliphatic carbocycles. The van der Waals surface area contributed by atoms with E-state index in [0.717, 1.165) is 62.3 Å². The summed E-state index contributed by atoms with van der Waals surface area (Å²) in [4.78, 5) is 0. The standard InChI is InChI=1S/C29H28NO.C27H26NO.C26H24NO.C25H22NO.C24H20NO/c1-19-22-12-6-7-13-23(22)28-24-14-8-9-15-26(24)31-29(28)27(19)25-18-21(16-17-30(25)2)20-10-4-3-5-11-20;1-17-19-10-6-7-11-20(19)25-21-12-8-9-13-23(21)29-26(25)24(17)22-16-18(27(2,3)4)14-15-28(22)5;1-16(2)18-13-14-22(27(4)15-18)24-17(3)19-9-5-6-10-20(19)25-21-11-7-8-12-23(21)28-26(24)25;1-4-17-13-14-21(26(3)15-17)23-16(2)18-9-5-6-10-19(18)24-20-11-7-8-12-22(20)27-25(23)24;1-15-12-13-20(25(3)14-15)22-16(2)17-8-4-5-9-18(17)23-19-10-6-7-11-21(19)26-24(22)23/h6-9,12-18,20H,3-5,10-11H2,1-2H3;6-16H,1-5H3;5-16H,1-4H3;5-15H,4H2,1-3H3;4-14H,1-3H3/q5*+1. The smallest absolute Gasteiger partial charge is 0.216 e. The molecule has 0 unspecified atom stereocenters. The van der Waals surface area contributed by atoms with Crippen LogP contribution < -0.4 is 22.8 Å². The summed E-state index contributed by atoms with van der Waals surface area (Å²) < 4.78 is 43.4. The zero-order valence-electron chi connectivity index (χ0n) is 83.9. The van der Waals surface area contributed by atoms with Crippen LogP contribution >= 0.6 is 0 Å². The van der Waals surface area contributed by atoms with Crippen molar-refractivity contribution in [2.45, 2.75) is 139 Å². The number of para-hydroxylation sites is 5. The van der Waals surface area contributed by atoms with Crippen LogP contribution in [-0.2, 0) is 47.1 Å². The molecular weight excluding hydrogens is 1720 g/mol. The van der Waals surface area contributed by atoms with Crippen LogP contribution in [0, 0.1) is 41.5 Å². The predicted molar refractivity (Wildman–Crippen MR) is 586 cm³/mol. The van der Waals surface area contributed by atoms with Gasteiger partial charge in [0.1, 0.15) is 91.1 Å². The number of nitrogens with zero attached hydrogens (tertiary/aromatic N) is 5. The Balaban J connectivity index is 0.000000101. The number of aryl methyl sites for hydroxylation is 12. The zero-order valence-corrected chi connectivity index (χ0v) is 83.9. The summed E-state index contributed by atoms with van der Waals surface area (Å²) in [6.45, 7) is 26.6. The summed E-state index contributed by atoms with van der Waals surface area (Å²) in [6.07, 6.45) is 18.8. The van der Waals surface area contributed by atoms with Crippen molar-refractivity contribution in [1.82, 2.24) is 0 Å². The monoisotopic (exact) mass is 1840 g/mol. The van der Waals surface area contributed by atoms with Gasteiger partial charge in [0, 0.05) is 113 Å². The molecular formula is C131H120N5O5+5. The summed E-state index contributed by atoms with van der Waals surface area (Å²) in [6, 6.07) is 108.